The molecule has 1 rings (SSSR count). The third-order valence-electron chi connectivity index (χ3n) is 2.76. The van der Waals surface area contributed by atoms with Gasteiger partial charge in [0.15, 0.2) is 0 Å². The quantitative estimate of drug-likeness (QED) is 0.575. The first-order valence-corrected chi connectivity index (χ1v) is 5.87. The molecule has 17 heavy (non-hydrogen) atoms. The van der Waals surface area contributed by atoms with E-state index < -0.39 is 18.1 Å². The van der Waals surface area contributed by atoms with Crippen molar-refractivity contribution in [2.45, 2.75) is 38.3 Å². The maximum Gasteiger partial charge on any atom is 0.410 e. The van der Waals surface area contributed by atoms with Gasteiger partial charge in [-0.05, 0) is 12.8 Å². The van der Waals surface area contributed by atoms with Crippen molar-refractivity contribution in [3.8, 4) is 0 Å². The number of nitrogens with two attached hydrogens (primary N) is 1. The molecule has 1 fully saturated rings. The Bertz CT molecular complexity index is 283. The normalized spacial score (nSPS) is 23.6. The fourth-order valence-electron chi connectivity index (χ4n) is 1.82. The molecule has 2 atom stereocenters. The SMILES string of the molecule is CCCCOC(=O)N1C[C@@H](N)C[C@H]1C(=O)OC. The van der Waals surface area contributed by atoms with Crippen molar-refractivity contribution < 1.29 is 19.1 Å². The number of hydrogen-bond acceptors (Lipinski definition) is 5. The molecule has 1 amide bonds. The molecule has 6 heteroatoms. The number of likely N-dealkylation sites (tertiary alicyclic amines) is 1. The van der Waals surface area contributed by atoms with Crippen LogP contribution in [0.4, 0.5) is 4.79 Å². The van der Waals surface area contributed by atoms with Gasteiger partial charge < -0.3 is 15.2 Å². The summed E-state index contributed by atoms with van der Waals surface area (Å²) < 4.78 is 9.71. The summed E-state index contributed by atoms with van der Waals surface area (Å²) in [6.07, 6.45) is 1.71. The van der Waals surface area contributed by atoms with Gasteiger partial charge in [-0.1, -0.05) is 13.3 Å². The Balaban J connectivity index is 2.54. The summed E-state index contributed by atoms with van der Waals surface area (Å²) >= 11 is 0. The van der Waals surface area contributed by atoms with Crippen molar-refractivity contribution in [1.82, 2.24) is 4.90 Å². The summed E-state index contributed by atoms with van der Waals surface area (Å²) in [7, 11) is 1.30. The van der Waals surface area contributed by atoms with Crippen LogP contribution >= 0.6 is 0 Å². The maximum absolute atomic E-state index is 11.7. The molecule has 0 radical (unpaired) electrons. The van der Waals surface area contributed by atoms with Gasteiger partial charge in [0.05, 0.1) is 13.7 Å². The minimum absolute atomic E-state index is 0.196. The van der Waals surface area contributed by atoms with Gasteiger partial charge >= 0.3 is 12.1 Å². The van der Waals surface area contributed by atoms with E-state index in [4.69, 9.17) is 10.5 Å². The number of rotatable bonds is 4. The Hall–Kier alpha value is -1.30. The van der Waals surface area contributed by atoms with E-state index in [1.165, 1.54) is 12.0 Å². The van der Waals surface area contributed by atoms with Crippen LogP contribution in [0.5, 0.6) is 0 Å². The third-order valence-corrected chi connectivity index (χ3v) is 2.76. The minimum Gasteiger partial charge on any atom is -0.467 e. The van der Waals surface area contributed by atoms with E-state index in [-0.39, 0.29) is 6.04 Å². The molecular formula is C11H20N2O4. The van der Waals surface area contributed by atoms with Crippen LogP contribution in [0.1, 0.15) is 26.2 Å². The summed E-state index contributed by atoms with van der Waals surface area (Å²) in [6.45, 7) is 2.72. The van der Waals surface area contributed by atoms with Crippen molar-refractivity contribution in [3.05, 3.63) is 0 Å². The predicted molar refractivity (Wildman–Crippen MR) is 61.4 cm³/mol. The Kier molecular flexibility index (Phi) is 5.21. The molecule has 1 aliphatic heterocycles. The lowest BCUT2D eigenvalue weighted by Crippen LogP contribution is -2.41. The fraction of sp³-hybridized carbons (Fsp3) is 0.818. The zero-order valence-corrected chi connectivity index (χ0v) is 10.3. The number of esters is 1. The van der Waals surface area contributed by atoms with Crippen LogP contribution in [-0.2, 0) is 14.3 Å². The molecular weight excluding hydrogens is 224 g/mol. The highest BCUT2D eigenvalue weighted by Crippen LogP contribution is 2.18. The predicted octanol–water partition coefficient (Wildman–Crippen LogP) is 0.498. The second kappa shape index (κ2) is 6.44. The molecule has 0 spiro atoms. The number of nitrogens with zero attached hydrogens (tertiary/aromatic N) is 1. The van der Waals surface area contributed by atoms with E-state index in [9.17, 15) is 9.59 Å². The molecule has 0 aromatic carbocycles. The zero-order chi connectivity index (χ0) is 12.8. The molecule has 0 aromatic heterocycles. The lowest BCUT2D eigenvalue weighted by molar-refractivity contribution is -0.145. The molecule has 1 saturated heterocycles. The number of hydrogen-bond donors (Lipinski definition) is 1. The summed E-state index contributed by atoms with van der Waals surface area (Å²) in [5.74, 6) is -0.439. The maximum atomic E-state index is 11.7. The Labute approximate surface area is 101 Å². The van der Waals surface area contributed by atoms with Crippen LogP contribution in [0.3, 0.4) is 0 Å². The first-order chi connectivity index (χ1) is 8.10. The molecule has 0 bridgehead atoms. The van der Waals surface area contributed by atoms with Gasteiger partial charge in [-0.25, -0.2) is 9.59 Å². The summed E-state index contributed by atoms with van der Waals surface area (Å²) in [4.78, 5) is 24.6. The second-order valence-corrected chi connectivity index (χ2v) is 4.16. The Morgan fingerprint density at radius 2 is 2.18 bits per heavy atom. The highest BCUT2D eigenvalue weighted by molar-refractivity contribution is 5.82. The Morgan fingerprint density at radius 1 is 1.47 bits per heavy atom. The molecule has 0 aliphatic carbocycles. The van der Waals surface area contributed by atoms with Crippen LogP contribution in [0.15, 0.2) is 0 Å². The molecule has 6 nitrogen and oxygen atoms in total. The van der Waals surface area contributed by atoms with Crippen LogP contribution in [0, 0.1) is 0 Å². The van der Waals surface area contributed by atoms with E-state index in [0.717, 1.165) is 12.8 Å². The van der Waals surface area contributed by atoms with Crippen molar-refractivity contribution in [1.29, 1.82) is 0 Å². The summed E-state index contributed by atoms with van der Waals surface area (Å²) in [6, 6.07) is -0.804. The van der Waals surface area contributed by atoms with Crippen molar-refractivity contribution in [2.75, 3.05) is 20.3 Å². The Morgan fingerprint density at radius 3 is 2.76 bits per heavy atom. The average molecular weight is 244 g/mol. The molecule has 98 valence electrons. The monoisotopic (exact) mass is 244 g/mol. The largest absolute Gasteiger partial charge is 0.467 e. The third kappa shape index (κ3) is 3.59. The number of ether oxygens (including phenoxy) is 2. The van der Waals surface area contributed by atoms with Gasteiger partial charge in [-0.15, -0.1) is 0 Å². The fourth-order valence-corrected chi connectivity index (χ4v) is 1.82. The van der Waals surface area contributed by atoms with E-state index in [0.29, 0.717) is 19.6 Å². The van der Waals surface area contributed by atoms with Gasteiger partial charge in [0.2, 0.25) is 0 Å². The van der Waals surface area contributed by atoms with Crippen molar-refractivity contribution in [3.63, 3.8) is 0 Å². The topological polar surface area (TPSA) is 81.9 Å². The summed E-state index contributed by atoms with van der Waals surface area (Å²) in [5, 5.41) is 0. The van der Waals surface area contributed by atoms with Gasteiger partial charge in [0.25, 0.3) is 0 Å². The number of unbranched alkanes of at least 4 members (excludes halogenated alkanes) is 1. The smallest absolute Gasteiger partial charge is 0.410 e. The number of carbonyl (C=O) groups excluding carboxylic acids is 2. The van der Waals surface area contributed by atoms with E-state index in [1.54, 1.807) is 0 Å². The molecule has 2 N–H and O–H groups in total. The lowest BCUT2D eigenvalue weighted by atomic mass is 10.2. The first-order valence-electron chi connectivity index (χ1n) is 5.87. The average Bonchev–Trinajstić information content (AvgIpc) is 2.70. The standard InChI is InChI=1S/C11H20N2O4/c1-3-4-5-17-11(15)13-7-8(12)6-9(13)10(14)16-2/h8-9H,3-7,12H2,1-2H3/t8-,9-/m0/s1. The number of carbonyl (C=O) groups is 2. The van der Waals surface area contributed by atoms with Crippen LogP contribution < -0.4 is 5.73 Å². The van der Waals surface area contributed by atoms with Crippen LogP contribution in [0.25, 0.3) is 0 Å². The molecule has 1 aliphatic rings. The summed E-state index contributed by atoms with van der Waals surface area (Å²) in [5.41, 5.74) is 5.74. The number of methoxy groups -OCH3 is 1. The second-order valence-electron chi connectivity index (χ2n) is 4.16. The minimum atomic E-state index is -0.607. The van der Waals surface area contributed by atoms with E-state index >= 15 is 0 Å². The van der Waals surface area contributed by atoms with Gasteiger partial charge in [-0.3, -0.25) is 4.90 Å². The molecule has 0 aromatic rings. The zero-order valence-electron chi connectivity index (χ0n) is 10.3. The highest BCUT2D eigenvalue weighted by atomic mass is 16.6. The van der Waals surface area contributed by atoms with Gasteiger partial charge in [0.1, 0.15) is 6.04 Å². The van der Waals surface area contributed by atoms with Gasteiger partial charge in [0, 0.05) is 12.6 Å². The van der Waals surface area contributed by atoms with Crippen LogP contribution in [-0.4, -0.2) is 49.3 Å². The lowest BCUT2D eigenvalue weighted by Gasteiger charge is -2.21. The van der Waals surface area contributed by atoms with Gasteiger partial charge in [-0.2, -0.15) is 0 Å². The molecule has 1 heterocycles. The van der Waals surface area contributed by atoms with Crippen LogP contribution in [0.2, 0.25) is 0 Å². The first kappa shape index (κ1) is 13.8. The number of amides is 1. The van der Waals surface area contributed by atoms with Crippen molar-refractivity contribution in [2.24, 2.45) is 5.73 Å². The van der Waals surface area contributed by atoms with E-state index in [1.807, 2.05) is 6.92 Å². The molecule has 0 unspecified atom stereocenters. The molecule has 0 saturated carbocycles. The highest BCUT2D eigenvalue weighted by Gasteiger charge is 2.39. The van der Waals surface area contributed by atoms with E-state index in [2.05, 4.69) is 4.74 Å². The van der Waals surface area contributed by atoms with Crippen molar-refractivity contribution >= 4 is 12.1 Å².